The number of hydrogen-bond donors (Lipinski definition) is 2. The third kappa shape index (κ3) is 2.47. The molecule has 0 bridgehead atoms. The van der Waals surface area contributed by atoms with E-state index in [9.17, 15) is 18.0 Å². The first kappa shape index (κ1) is 15.2. The molecule has 1 aliphatic heterocycles. The Hall–Kier alpha value is -2.71. The lowest BCUT2D eigenvalue weighted by molar-refractivity contribution is 0.0706. The van der Waals surface area contributed by atoms with Crippen LogP contribution in [0.2, 0.25) is 0 Å². The van der Waals surface area contributed by atoms with E-state index in [4.69, 9.17) is 5.21 Å². The molecule has 0 aromatic heterocycles. The summed E-state index contributed by atoms with van der Waals surface area (Å²) in [5.41, 5.74) is 2.43. The zero-order chi connectivity index (χ0) is 16.6. The van der Waals surface area contributed by atoms with Crippen molar-refractivity contribution in [1.82, 2.24) is 9.79 Å². The Balaban J connectivity index is 1.90. The van der Waals surface area contributed by atoms with E-state index in [2.05, 4.69) is 0 Å². The monoisotopic (exact) mass is 332 g/mol. The highest BCUT2D eigenvalue weighted by atomic mass is 32.2. The summed E-state index contributed by atoms with van der Waals surface area (Å²) in [5.74, 6) is -1.24. The number of carbonyl (C=O) groups is 2. The summed E-state index contributed by atoms with van der Waals surface area (Å²) in [6.45, 7) is -0.128. The molecule has 118 valence electrons. The Morgan fingerprint density at radius 3 is 2.35 bits per heavy atom. The minimum Gasteiger partial charge on any atom is -0.288 e. The average Bonchev–Trinajstić information content (AvgIpc) is 2.76. The van der Waals surface area contributed by atoms with Gasteiger partial charge in [-0.2, -0.15) is 0 Å². The Kier molecular flexibility index (Phi) is 3.63. The van der Waals surface area contributed by atoms with Gasteiger partial charge in [0, 0.05) is 5.56 Å². The Morgan fingerprint density at radius 1 is 1.09 bits per heavy atom. The number of hydroxylamine groups is 1. The van der Waals surface area contributed by atoms with Crippen LogP contribution in [-0.2, 0) is 16.6 Å². The second kappa shape index (κ2) is 5.49. The SMILES string of the molecule is O=C(NO)c1ccc(CN2C(=O)c3ccccc3S2(=O)=O)cc1. The fraction of sp³-hybridized carbons (Fsp3) is 0.0667. The first-order chi connectivity index (χ1) is 10.9. The van der Waals surface area contributed by atoms with Gasteiger partial charge in [-0.1, -0.05) is 24.3 Å². The van der Waals surface area contributed by atoms with Crippen molar-refractivity contribution < 1.29 is 23.2 Å². The molecule has 1 aliphatic rings. The average molecular weight is 332 g/mol. The third-order valence-corrected chi connectivity index (χ3v) is 5.34. The maximum absolute atomic E-state index is 12.4. The van der Waals surface area contributed by atoms with Crippen LogP contribution >= 0.6 is 0 Å². The van der Waals surface area contributed by atoms with Crippen LogP contribution in [0.4, 0.5) is 0 Å². The van der Waals surface area contributed by atoms with E-state index < -0.39 is 21.8 Å². The van der Waals surface area contributed by atoms with Crippen molar-refractivity contribution in [3.63, 3.8) is 0 Å². The van der Waals surface area contributed by atoms with E-state index >= 15 is 0 Å². The summed E-state index contributed by atoms with van der Waals surface area (Å²) in [4.78, 5) is 23.5. The molecule has 2 N–H and O–H groups in total. The molecule has 2 aromatic carbocycles. The van der Waals surface area contributed by atoms with Gasteiger partial charge in [-0.15, -0.1) is 0 Å². The zero-order valence-electron chi connectivity index (χ0n) is 11.8. The summed E-state index contributed by atoms with van der Waals surface area (Å²) in [7, 11) is -3.86. The van der Waals surface area contributed by atoms with Crippen molar-refractivity contribution in [2.75, 3.05) is 0 Å². The molecule has 3 rings (SSSR count). The number of rotatable bonds is 3. The van der Waals surface area contributed by atoms with Crippen LogP contribution < -0.4 is 5.48 Å². The number of hydrogen-bond acceptors (Lipinski definition) is 5. The second-order valence-electron chi connectivity index (χ2n) is 4.95. The van der Waals surface area contributed by atoms with Crippen molar-refractivity contribution in [2.24, 2.45) is 0 Å². The molecule has 8 heteroatoms. The lowest BCUT2D eigenvalue weighted by atomic mass is 10.1. The molecule has 0 atom stereocenters. The normalized spacial score (nSPS) is 15.3. The van der Waals surface area contributed by atoms with Gasteiger partial charge in [0.05, 0.1) is 12.1 Å². The summed E-state index contributed by atoms with van der Waals surface area (Å²) in [6.07, 6.45) is 0. The molecular weight excluding hydrogens is 320 g/mol. The molecule has 0 spiro atoms. The van der Waals surface area contributed by atoms with Crippen molar-refractivity contribution >= 4 is 21.8 Å². The van der Waals surface area contributed by atoms with Crippen molar-refractivity contribution in [3.05, 3.63) is 65.2 Å². The van der Waals surface area contributed by atoms with Gasteiger partial charge >= 0.3 is 0 Å². The molecule has 2 amide bonds. The number of benzene rings is 2. The standard InChI is InChI=1S/C15H12N2O5S/c18-14(16-20)11-7-5-10(6-8-11)9-17-15(19)12-3-1-2-4-13(12)23(17,21)22/h1-8,20H,9H2,(H,16,18). The van der Waals surface area contributed by atoms with Gasteiger partial charge < -0.3 is 0 Å². The molecule has 0 saturated carbocycles. The molecule has 1 heterocycles. The van der Waals surface area contributed by atoms with Crippen molar-refractivity contribution in [1.29, 1.82) is 0 Å². The van der Waals surface area contributed by atoms with Crippen molar-refractivity contribution in [3.8, 4) is 0 Å². The maximum atomic E-state index is 12.4. The zero-order valence-corrected chi connectivity index (χ0v) is 12.6. The molecule has 0 aliphatic carbocycles. The van der Waals surface area contributed by atoms with Gasteiger partial charge in [-0.25, -0.2) is 18.2 Å². The molecule has 23 heavy (non-hydrogen) atoms. The van der Waals surface area contributed by atoms with Gasteiger partial charge in [0.1, 0.15) is 4.90 Å². The van der Waals surface area contributed by atoms with E-state index in [-0.39, 0.29) is 22.6 Å². The Labute approximate surface area is 132 Å². The largest absolute Gasteiger partial charge is 0.288 e. The topological polar surface area (TPSA) is 104 Å². The van der Waals surface area contributed by atoms with Crippen molar-refractivity contribution in [2.45, 2.75) is 11.4 Å². The van der Waals surface area contributed by atoms with Gasteiger partial charge in [0.15, 0.2) is 0 Å². The van der Waals surface area contributed by atoms with Crippen LogP contribution in [0, 0.1) is 0 Å². The van der Waals surface area contributed by atoms with Gasteiger partial charge in [-0.05, 0) is 29.8 Å². The van der Waals surface area contributed by atoms with Gasteiger partial charge in [0.2, 0.25) is 0 Å². The van der Waals surface area contributed by atoms with Crippen LogP contribution in [0.1, 0.15) is 26.3 Å². The maximum Gasteiger partial charge on any atom is 0.274 e. The predicted octanol–water partition coefficient (Wildman–Crippen LogP) is 1.15. The summed E-state index contributed by atoms with van der Waals surface area (Å²) in [6, 6.07) is 12.0. The lowest BCUT2D eigenvalue weighted by Gasteiger charge is -2.15. The first-order valence-corrected chi connectivity index (χ1v) is 8.08. The van der Waals surface area contributed by atoms with E-state index in [0.29, 0.717) is 5.56 Å². The predicted molar refractivity (Wildman–Crippen MR) is 79.2 cm³/mol. The third-order valence-electron chi connectivity index (χ3n) is 3.56. The fourth-order valence-corrected chi connectivity index (χ4v) is 3.94. The van der Waals surface area contributed by atoms with Crippen LogP contribution in [0.25, 0.3) is 0 Å². The highest BCUT2D eigenvalue weighted by molar-refractivity contribution is 7.90. The Morgan fingerprint density at radius 2 is 1.74 bits per heavy atom. The molecule has 0 fully saturated rings. The number of amides is 2. The lowest BCUT2D eigenvalue weighted by Crippen LogP contribution is -2.29. The molecular formula is C15H12N2O5S. The number of nitrogens with zero attached hydrogens (tertiary/aromatic N) is 1. The first-order valence-electron chi connectivity index (χ1n) is 6.64. The molecule has 0 saturated heterocycles. The minimum absolute atomic E-state index is 0.00118. The summed E-state index contributed by atoms with van der Waals surface area (Å²) < 4.78 is 25.7. The number of nitrogens with one attached hydrogen (secondary N) is 1. The minimum atomic E-state index is -3.86. The molecule has 2 aromatic rings. The summed E-state index contributed by atoms with van der Waals surface area (Å²) >= 11 is 0. The van der Waals surface area contributed by atoms with Gasteiger partial charge in [-0.3, -0.25) is 14.8 Å². The van der Waals surface area contributed by atoms with E-state index in [0.717, 1.165) is 4.31 Å². The van der Waals surface area contributed by atoms with E-state index in [1.807, 2.05) is 0 Å². The smallest absolute Gasteiger partial charge is 0.274 e. The number of carbonyl (C=O) groups excluding carboxylic acids is 2. The Bertz CT molecular complexity index is 890. The van der Waals surface area contributed by atoms with E-state index in [1.54, 1.807) is 12.1 Å². The van der Waals surface area contributed by atoms with E-state index in [1.165, 1.54) is 41.9 Å². The van der Waals surface area contributed by atoms with Crippen LogP contribution in [-0.4, -0.2) is 29.7 Å². The number of fused-ring (bicyclic) bond motifs is 1. The van der Waals surface area contributed by atoms with Crippen LogP contribution in [0.3, 0.4) is 0 Å². The highest BCUT2D eigenvalue weighted by Gasteiger charge is 2.40. The van der Waals surface area contributed by atoms with Crippen LogP contribution in [0.5, 0.6) is 0 Å². The fourth-order valence-electron chi connectivity index (χ4n) is 2.38. The molecule has 0 unspecified atom stereocenters. The van der Waals surface area contributed by atoms with Crippen LogP contribution in [0.15, 0.2) is 53.4 Å². The second-order valence-corrected chi connectivity index (χ2v) is 6.78. The molecule has 0 radical (unpaired) electrons. The van der Waals surface area contributed by atoms with Gasteiger partial charge in [0.25, 0.3) is 21.8 Å². The highest BCUT2D eigenvalue weighted by Crippen LogP contribution is 2.31. The number of sulfonamides is 1. The molecule has 7 nitrogen and oxygen atoms in total. The quantitative estimate of drug-likeness (QED) is 0.648. The summed E-state index contributed by atoms with van der Waals surface area (Å²) in [5, 5.41) is 8.56.